The van der Waals surface area contributed by atoms with Crippen LogP contribution >= 0.6 is 0 Å². The molecule has 48 heavy (non-hydrogen) atoms. The van der Waals surface area contributed by atoms with Gasteiger partial charge in [0.2, 0.25) is 5.60 Å². The molecule has 0 spiro atoms. The molecule has 1 atom stereocenters. The Morgan fingerprint density at radius 3 is 2.46 bits per heavy atom. The first-order chi connectivity index (χ1) is 22.8. The molecule has 0 bridgehead atoms. The number of carbonyl (C=O) groups excluding carboxylic acids is 3. The van der Waals surface area contributed by atoms with Gasteiger partial charge < -0.3 is 24.1 Å². The van der Waals surface area contributed by atoms with Crippen LogP contribution in [0.5, 0.6) is 0 Å². The number of rotatable bonds is 8. The maximum absolute atomic E-state index is 14.2. The number of amides is 1. The van der Waals surface area contributed by atoms with Gasteiger partial charge in [-0.2, -0.15) is 0 Å². The smallest absolute Gasteiger partial charge is 0.407 e. The van der Waals surface area contributed by atoms with E-state index in [1.807, 2.05) is 24.3 Å². The summed E-state index contributed by atoms with van der Waals surface area (Å²) in [5, 5.41) is 6.17. The Hall–Kier alpha value is -4.77. The second-order valence-corrected chi connectivity index (χ2v) is 18.2. The number of alkyl carbamates (subject to hydrolysis) is 1. The summed E-state index contributed by atoms with van der Waals surface area (Å²) in [5.74, 6) is -1.36. The molecule has 11 heteroatoms. The maximum Gasteiger partial charge on any atom is 0.407 e. The average Bonchev–Trinajstić information content (AvgIpc) is 3.41. The molecule has 10 nitrogen and oxygen atoms in total. The fourth-order valence-electron chi connectivity index (χ4n) is 6.88. The second-order valence-electron chi connectivity index (χ2n) is 13.9. The summed E-state index contributed by atoms with van der Waals surface area (Å²) >= 11 is 0. The number of cyclic esters (lactones) is 1. The number of hydrogen-bond donors (Lipinski definition) is 1. The van der Waals surface area contributed by atoms with Crippen LogP contribution in [0.1, 0.15) is 63.6 Å². The van der Waals surface area contributed by atoms with Gasteiger partial charge in [0.15, 0.2) is 0 Å². The fraction of sp³-hybridized carbons (Fsp3) is 0.378. The highest BCUT2D eigenvalue weighted by atomic mass is 28.3. The molecule has 0 unspecified atom stereocenters. The third kappa shape index (κ3) is 5.80. The van der Waals surface area contributed by atoms with Gasteiger partial charge in [-0.25, -0.2) is 14.6 Å². The van der Waals surface area contributed by atoms with E-state index in [9.17, 15) is 19.2 Å². The molecule has 2 aromatic carbocycles. The average molecular weight is 668 g/mol. The highest BCUT2D eigenvalue weighted by Crippen LogP contribution is 2.41. The predicted octanol–water partition coefficient (Wildman–Crippen LogP) is 4.76. The van der Waals surface area contributed by atoms with E-state index in [-0.39, 0.29) is 43.5 Å². The molecular weight excluding hydrogens is 627 g/mol. The Balaban J connectivity index is 1.38. The van der Waals surface area contributed by atoms with Crippen LogP contribution in [0, 0.1) is 0 Å². The van der Waals surface area contributed by atoms with Gasteiger partial charge in [0.1, 0.15) is 20.3 Å². The molecule has 4 aromatic rings. The number of fused-ring (bicyclic) bond motifs is 5. The van der Waals surface area contributed by atoms with Gasteiger partial charge in [-0.05, 0) is 50.9 Å². The van der Waals surface area contributed by atoms with Crippen LogP contribution in [0.2, 0.25) is 13.1 Å². The number of aromatic nitrogens is 2. The minimum atomic E-state index is -2.31. The quantitative estimate of drug-likeness (QED) is 0.109. The van der Waals surface area contributed by atoms with Crippen molar-refractivity contribution in [3.8, 4) is 11.4 Å². The lowest BCUT2D eigenvalue weighted by atomic mass is 9.85. The van der Waals surface area contributed by atoms with Crippen molar-refractivity contribution in [2.24, 2.45) is 0 Å². The zero-order chi connectivity index (χ0) is 34.4. The number of carbonyl (C=O) groups is 3. The molecule has 2 aliphatic rings. The highest BCUT2D eigenvalue weighted by molar-refractivity contribution is 7.02. The number of esters is 2. The van der Waals surface area contributed by atoms with Crippen molar-refractivity contribution in [3.63, 3.8) is 0 Å². The number of para-hydroxylation sites is 1. The van der Waals surface area contributed by atoms with Gasteiger partial charge in [-0.1, -0.05) is 73.7 Å². The summed E-state index contributed by atoms with van der Waals surface area (Å²) < 4.78 is 18.4. The molecule has 0 saturated carbocycles. The van der Waals surface area contributed by atoms with Crippen LogP contribution < -0.4 is 21.2 Å². The molecule has 4 heterocycles. The lowest BCUT2D eigenvalue weighted by Gasteiger charge is -2.35. The molecule has 0 saturated heterocycles. The molecular formula is C37H41N3O7Si. The predicted molar refractivity (Wildman–Crippen MR) is 185 cm³/mol. The van der Waals surface area contributed by atoms with Crippen molar-refractivity contribution in [3.05, 3.63) is 87.7 Å². The van der Waals surface area contributed by atoms with Gasteiger partial charge in [0.25, 0.3) is 5.56 Å². The molecule has 0 aliphatic carbocycles. The van der Waals surface area contributed by atoms with Gasteiger partial charge in [-0.3, -0.25) is 9.59 Å². The van der Waals surface area contributed by atoms with Crippen molar-refractivity contribution in [1.29, 1.82) is 0 Å². The first-order valence-electron chi connectivity index (χ1n) is 16.4. The Labute approximate surface area is 280 Å². The topological polar surface area (TPSA) is 126 Å². The molecule has 1 amide bonds. The Bertz CT molecular complexity index is 2000. The van der Waals surface area contributed by atoms with Crippen molar-refractivity contribution in [1.82, 2.24) is 14.9 Å². The normalized spacial score (nSPS) is 16.8. The Morgan fingerprint density at radius 1 is 1.04 bits per heavy atom. The van der Waals surface area contributed by atoms with Gasteiger partial charge in [0, 0.05) is 29.5 Å². The Kier molecular flexibility index (Phi) is 8.53. The summed E-state index contributed by atoms with van der Waals surface area (Å²) in [6, 6.07) is 20.3. The monoisotopic (exact) mass is 667 g/mol. The first-order valence-corrected chi connectivity index (χ1v) is 19.4. The molecule has 1 N–H and O–H groups in total. The third-order valence-corrected chi connectivity index (χ3v) is 12.8. The van der Waals surface area contributed by atoms with Crippen molar-refractivity contribution in [2.75, 3.05) is 6.54 Å². The third-order valence-electron chi connectivity index (χ3n) is 9.20. The minimum Gasteiger partial charge on any atom is -0.457 e. The number of nitrogens with one attached hydrogen (secondary N) is 1. The van der Waals surface area contributed by atoms with E-state index in [0.29, 0.717) is 23.5 Å². The Morgan fingerprint density at radius 2 is 1.75 bits per heavy atom. The van der Waals surface area contributed by atoms with Crippen molar-refractivity contribution < 1.29 is 28.6 Å². The minimum absolute atomic E-state index is 0.0664. The van der Waals surface area contributed by atoms with E-state index >= 15 is 0 Å². The number of hydrogen-bond acceptors (Lipinski definition) is 8. The second kappa shape index (κ2) is 12.4. The lowest BCUT2D eigenvalue weighted by Crippen LogP contribution is -2.54. The molecule has 6 rings (SSSR count). The molecule has 0 fully saturated rings. The summed E-state index contributed by atoms with van der Waals surface area (Å²) in [6.07, 6.45) is -0.315. The molecule has 250 valence electrons. The van der Waals surface area contributed by atoms with E-state index < -0.39 is 37.3 Å². The van der Waals surface area contributed by atoms with Gasteiger partial charge in [0.05, 0.1) is 29.0 Å². The van der Waals surface area contributed by atoms with E-state index in [1.165, 1.54) is 10.4 Å². The van der Waals surface area contributed by atoms with Crippen LogP contribution in [-0.4, -0.2) is 47.8 Å². The summed E-state index contributed by atoms with van der Waals surface area (Å²) in [5.41, 5.74) is 1.00. The number of nitrogens with zero attached hydrogens (tertiary/aromatic N) is 2. The van der Waals surface area contributed by atoms with E-state index in [4.69, 9.17) is 19.2 Å². The number of pyridine rings is 2. The molecule has 0 radical (unpaired) electrons. The van der Waals surface area contributed by atoms with Crippen molar-refractivity contribution in [2.45, 2.75) is 84.4 Å². The summed E-state index contributed by atoms with van der Waals surface area (Å²) in [4.78, 5) is 58.0. The van der Waals surface area contributed by atoms with Crippen molar-refractivity contribution >= 4 is 47.4 Å². The molecule has 2 aliphatic heterocycles. The zero-order valence-corrected chi connectivity index (χ0v) is 29.3. The first kappa shape index (κ1) is 33.1. The van der Waals surface area contributed by atoms with E-state index in [0.717, 1.165) is 16.5 Å². The number of benzene rings is 2. The van der Waals surface area contributed by atoms with Crippen LogP contribution in [0.25, 0.3) is 22.3 Å². The highest BCUT2D eigenvalue weighted by Gasteiger charge is 2.50. The van der Waals surface area contributed by atoms with Gasteiger partial charge in [-0.15, -0.1) is 0 Å². The van der Waals surface area contributed by atoms with Gasteiger partial charge >= 0.3 is 18.0 Å². The maximum atomic E-state index is 14.2. The summed E-state index contributed by atoms with van der Waals surface area (Å²) in [6.45, 7) is 12.0. The standard InChI is InChI=1S/C37H41N3O7Si/c1-7-37(46-30(41)18-13-19-38-35(44)47-36(2,3)4)27-20-29-31-25(21-40(29)33(42)26(27)22-45-34(37)43)32(24-16-11-12-17-28(24)39-31)48(5,6)23-14-9-8-10-15-23/h8-12,14-17,20H,7,13,18-19,21-22H2,1-6H3,(H,38,44)/t37-/m0/s1. The zero-order valence-electron chi connectivity index (χ0n) is 28.3. The summed E-state index contributed by atoms with van der Waals surface area (Å²) in [7, 11) is -2.31. The fourth-order valence-corrected chi connectivity index (χ4v) is 10.0. The van der Waals surface area contributed by atoms with Crippen LogP contribution in [0.15, 0.2) is 65.5 Å². The van der Waals surface area contributed by atoms with Crippen LogP contribution in [0.3, 0.4) is 0 Å². The number of ether oxygens (including phenoxy) is 3. The van der Waals surface area contributed by atoms with Crippen LogP contribution in [0.4, 0.5) is 4.79 Å². The van der Waals surface area contributed by atoms with E-state index in [2.05, 4.69) is 48.7 Å². The molecule has 2 aromatic heterocycles. The van der Waals surface area contributed by atoms with E-state index in [1.54, 1.807) is 38.3 Å². The SMILES string of the molecule is CC[C@@]1(OC(=O)CCCNC(=O)OC(C)(C)C)C(=O)OCc2c1cc1n(c2=O)Cc2c-1nc1ccccc1c2[Si](C)(C)c1ccccc1. The largest absolute Gasteiger partial charge is 0.457 e. The lowest BCUT2D eigenvalue weighted by molar-refractivity contribution is -0.189. The van der Waals surface area contributed by atoms with Crippen LogP contribution in [-0.2, 0) is 42.6 Å².